The van der Waals surface area contributed by atoms with E-state index in [0.29, 0.717) is 0 Å². The fraction of sp³-hybridized carbons (Fsp3) is 0.538. The van der Waals surface area contributed by atoms with Crippen LogP contribution >= 0.6 is 21.0 Å². The Kier molecular flexibility index (Phi) is 4.96. The van der Waals surface area contributed by atoms with Gasteiger partial charge in [-0.05, 0) is 24.6 Å². The highest BCUT2D eigenvalue weighted by Crippen LogP contribution is 2.22. The third kappa shape index (κ3) is 4.07. The fourth-order valence-electron chi connectivity index (χ4n) is 2.06. The Bertz CT molecular complexity index is 608. The van der Waals surface area contributed by atoms with E-state index in [1.165, 1.54) is 6.07 Å². The summed E-state index contributed by atoms with van der Waals surface area (Å²) < 4.78 is 42.8. The van der Waals surface area contributed by atoms with E-state index in [2.05, 4.69) is 9.84 Å². The van der Waals surface area contributed by atoms with E-state index in [0.717, 1.165) is 41.1 Å². The van der Waals surface area contributed by atoms with Crippen LogP contribution in [0.25, 0.3) is 0 Å². The van der Waals surface area contributed by atoms with Crippen molar-refractivity contribution in [3.05, 3.63) is 26.7 Å². The van der Waals surface area contributed by atoms with Crippen LogP contribution in [0, 0.1) is 3.15 Å². The first kappa shape index (κ1) is 15.0. The zero-order chi connectivity index (χ0) is 14.7. The second-order valence-corrected chi connectivity index (χ2v) is 7.31. The van der Waals surface area contributed by atoms with Gasteiger partial charge in [-0.1, -0.05) is 0 Å². The molecule has 0 spiro atoms. The number of benzene rings is 1. The van der Waals surface area contributed by atoms with Crippen molar-refractivity contribution >= 4 is 21.0 Å². The highest BCUT2D eigenvalue weighted by atomic mass is 127. The van der Waals surface area contributed by atoms with Crippen molar-refractivity contribution in [2.24, 2.45) is 5.10 Å². The second-order valence-electron chi connectivity index (χ2n) is 4.55. The number of hydrogen-bond donors (Lipinski definition) is 0. The predicted octanol–water partition coefficient (Wildman–Crippen LogP) is 2.43. The van der Waals surface area contributed by atoms with Gasteiger partial charge in [0.05, 0.1) is 28.3 Å². The quantitative estimate of drug-likeness (QED) is 0.551. The van der Waals surface area contributed by atoms with Crippen molar-refractivity contribution in [1.29, 1.82) is 0 Å². The lowest BCUT2D eigenvalue weighted by atomic mass is 10.3. The fourth-order valence-corrected chi connectivity index (χ4v) is 4.50. The summed E-state index contributed by atoms with van der Waals surface area (Å²) in [6, 6.07) is 4.90. The van der Waals surface area contributed by atoms with E-state index in [1.54, 1.807) is 12.1 Å². The van der Waals surface area contributed by atoms with Crippen LogP contribution in [-0.2, 0) is 9.47 Å². The van der Waals surface area contributed by atoms with Crippen molar-refractivity contribution < 1.29 is 23.0 Å². The maximum absolute atomic E-state index is 12.2. The number of halogens is 3. The molecule has 0 radical (unpaired) electrons. The van der Waals surface area contributed by atoms with E-state index >= 15 is 0 Å². The Balaban J connectivity index is 1.62. The maximum atomic E-state index is 12.2. The highest BCUT2D eigenvalue weighted by Gasteiger charge is 2.16. The molecule has 1 saturated heterocycles. The minimum atomic E-state index is -2.80. The lowest BCUT2D eigenvalue weighted by Crippen LogP contribution is -2.27. The molecule has 0 N–H and O–H groups in total. The van der Waals surface area contributed by atoms with E-state index in [4.69, 9.17) is 9.47 Å². The molecule has 1 aromatic rings. The molecule has 0 saturated carbocycles. The summed E-state index contributed by atoms with van der Waals surface area (Å²) in [6.07, 6.45) is 1.55. The van der Waals surface area contributed by atoms with Gasteiger partial charge < -0.3 is 14.2 Å². The van der Waals surface area contributed by atoms with Crippen LogP contribution < -0.4 is 10.1 Å². The Morgan fingerprint density at radius 2 is 2.19 bits per heavy atom. The molecule has 2 aliphatic heterocycles. The molecule has 0 amide bonds. The molecule has 0 aliphatic carbocycles. The van der Waals surface area contributed by atoms with Gasteiger partial charge in [0.1, 0.15) is 5.75 Å². The van der Waals surface area contributed by atoms with Gasteiger partial charge in [0.25, 0.3) is 0 Å². The van der Waals surface area contributed by atoms with Crippen molar-refractivity contribution in [1.82, 2.24) is 3.22 Å². The molecule has 1 aromatic carbocycles. The van der Waals surface area contributed by atoms with Crippen LogP contribution in [0.3, 0.4) is 0 Å². The normalized spacial score (nSPS) is 18.7. The molecule has 2 heterocycles. The highest BCUT2D eigenvalue weighted by molar-refractivity contribution is 14.1. The van der Waals surface area contributed by atoms with Crippen molar-refractivity contribution in [3.63, 3.8) is 0 Å². The van der Waals surface area contributed by atoms with Gasteiger partial charge in [0, 0.05) is 27.4 Å². The van der Waals surface area contributed by atoms with Crippen LogP contribution in [0.2, 0.25) is 0 Å². The first-order valence-electron chi connectivity index (χ1n) is 6.67. The predicted molar refractivity (Wildman–Crippen MR) is 78.7 cm³/mol. The molecule has 2 aliphatic rings. The zero-order valence-electron chi connectivity index (χ0n) is 11.2. The number of rotatable bonds is 5. The first-order valence-corrected chi connectivity index (χ1v) is 8.71. The first-order chi connectivity index (χ1) is 10.2. The van der Waals surface area contributed by atoms with Crippen molar-refractivity contribution in [3.8, 4) is 5.75 Å². The largest absolute Gasteiger partial charge is 0.435 e. The van der Waals surface area contributed by atoms with Gasteiger partial charge in [-0.3, -0.25) is 0 Å². The van der Waals surface area contributed by atoms with Gasteiger partial charge in [0.2, 0.25) is 0 Å². The van der Waals surface area contributed by atoms with Crippen LogP contribution in [-0.4, -0.2) is 35.9 Å². The average Bonchev–Trinajstić information content (AvgIpc) is 2.88. The van der Waals surface area contributed by atoms with Crippen molar-refractivity contribution in [2.75, 3.05) is 19.8 Å². The van der Waals surface area contributed by atoms with Gasteiger partial charge in [-0.2, -0.15) is 13.9 Å². The van der Waals surface area contributed by atoms with Crippen LogP contribution in [0.15, 0.2) is 23.3 Å². The monoisotopic (exact) mass is 412 g/mol. The molecule has 0 aromatic heterocycles. The van der Waals surface area contributed by atoms with E-state index in [1.807, 2.05) is 3.22 Å². The number of fused-ring (bicyclic) bond motifs is 1. The lowest BCUT2D eigenvalue weighted by molar-refractivity contribution is -0.181. The zero-order valence-corrected chi connectivity index (χ0v) is 13.3. The van der Waals surface area contributed by atoms with Gasteiger partial charge >= 0.3 is 6.61 Å². The molecule has 116 valence electrons. The van der Waals surface area contributed by atoms with Crippen LogP contribution in [0.1, 0.15) is 12.8 Å². The second kappa shape index (κ2) is 6.93. The third-order valence-electron chi connectivity index (χ3n) is 2.99. The minimum absolute atomic E-state index is 0.153. The summed E-state index contributed by atoms with van der Waals surface area (Å²) in [7, 11) is 0. The summed E-state index contributed by atoms with van der Waals surface area (Å²) in [5.41, 5.74) is 0. The number of nitrogens with zero attached hydrogens (tertiary/aromatic N) is 2. The average molecular weight is 412 g/mol. The van der Waals surface area contributed by atoms with Gasteiger partial charge in [0.15, 0.2) is 6.29 Å². The summed E-state index contributed by atoms with van der Waals surface area (Å²) in [6.45, 7) is -0.564. The Hall–Kier alpha value is -0.870. The molecule has 8 heteroatoms. The molecule has 0 bridgehead atoms. The molecular weight excluding hydrogens is 397 g/mol. The molecule has 21 heavy (non-hydrogen) atoms. The Morgan fingerprint density at radius 1 is 1.38 bits per heavy atom. The maximum Gasteiger partial charge on any atom is 0.387 e. The topological polar surface area (TPSA) is 43.3 Å². The van der Waals surface area contributed by atoms with Gasteiger partial charge in [-0.25, -0.2) is 3.22 Å². The molecule has 1 fully saturated rings. The number of alkyl halides is 2. The van der Waals surface area contributed by atoms with Gasteiger partial charge in [-0.15, -0.1) is 0 Å². The Morgan fingerprint density at radius 3 is 2.95 bits per heavy atom. The third-order valence-corrected chi connectivity index (χ3v) is 5.63. The van der Waals surface area contributed by atoms with E-state index in [9.17, 15) is 8.78 Å². The minimum Gasteiger partial charge on any atom is -0.435 e. The number of ether oxygens (including phenoxy) is 3. The SMILES string of the molecule is FC(F)Oc1ccc2c(c1)=IN(CCC1OCCCO1)N=2. The van der Waals surface area contributed by atoms with Crippen LogP contribution in [0.5, 0.6) is 5.75 Å². The molecule has 0 atom stereocenters. The standard InChI is InChI=1S/C13H15F2IN2O3/c14-13(15)21-9-2-3-11-10(8-9)16-18(17-11)5-4-12-19-6-1-7-20-12/h2-3,8,12-13H,1,4-7H2. The molecule has 5 nitrogen and oxygen atoms in total. The molecule has 3 rings (SSSR count). The summed E-state index contributed by atoms with van der Waals surface area (Å²) in [5, 5.41) is 5.33. The van der Waals surface area contributed by atoms with Crippen LogP contribution in [0.4, 0.5) is 8.78 Å². The Labute approximate surface area is 130 Å². The molecular formula is C13H15F2IN2O3. The summed E-state index contributed by atoms with van der Waals surface area (Å²) >= 11 is -0.485. The number of hydrogen-bond acceptors (Lipinski definition) is 5. The van der Waals surface area contributed by atoms with Crippen molar-refractivity contribution in [2.45, 2.75) is 25.7 Å². The van der Waals surface area contributed by atoms with E-state index in [-0.39, 0.29) is 12.0 Å². The smallest absolute Gasteiger partial charge is 0.387 e. The summed E-state index contributed by atoms with van der Waals surface area (Å²) in [4.78, 5) is 0. The lowest BCUT2D eigenvalue weighted by Gasteiger charge is -2.24. The van der Waals surface area contributed by atoms with E-state index < -0.39 is 27.6 Å². The summed E-state index contributed by atoms with van der Waals surface area (Å²) in [5.74, 6) is 0.194. The molecule has 0 unspecified atom stereocenters.